The van der Waals surface area contributed by atoms with Gasteiger partial charge in [-0.3, -0.25) is 4.79 Å². The maximum atomic E-state index is 11.4. The van der Waals surface area contributed by atoms with Crippen molar-refractivity contribution < 1.29 is 19.1 Å². The minimum Gasteiger partial charge on any atom is -0.434 e. The van der Waals surface area contributed by atoms with Gasteiger partial charge < -0.3 is 14.8 Å². The minimum atomic E-state index is -0.813. The van der Waals surface area contributed by atoms with Crippen molar-refractivity contribution in [2.45, 2.75) is 19.8 Å². The Kier molecular flexibility index (Phi) is 6.32. The number of amides is 1. The average Bonchev–Trinajstić information content (AvgIpc) is 2.38. The molecule has 0 spiro atoms. The molecule has 5 heteroatoms. The smallest absolute Gasteiger partial charge is 0.434 e. The lowest BCUT2D eigenvalue weighted by Gasteiger charge is -2.06. The molecule has 5 nitrogen and oxygen atoms in total. The number of hydrogen-bond donors (Lipinski definition) is 1. The number of anilines is 1. The molecule has 1 aromatic rings. The summed E-state index contributed by atoms with van der Waals surface area (Å²) >= 11 is 0. The third-order valence-electron chi connectivity index (χ3n) is 2.10. The molecule has 1 amide bonds. The molecule has 0 saturated heterocycles. The average molecular weight is 251 g/mol. The fraction of sp³-hybridized carbons (Fsp3) is 0.385. The Balaban J connectivity index is 2.19. The van der Waals surface area contributed by atoms with Gasteiger partial charge in [-0.25, -0.2) is 4.79 Å². The molecule has 0 bridgehead atoms. The summed E-state index contributed by atoms with van der Waals surface area (Å²) in [5.74, 6) is -0.395. The van der Waals surface area contributed by atoms with E-state index in [0.717, 1.165) is 12.8 Å². The Hall–Kier alpha value is -2.04. The molecule has 18 heavy (non-hydrogen) atoms. The van der Waals surface area contributed by atoms with E-state index in [0.29, 0.717) is 12.3 Å². The first-order chi connectivity index (χ1) is 8.72. The molecule has 0 aliphatic rings. The summed E-state index contributed by atoms with van der Waals surface area (Å²) in [4.78, 5) is 22.5. The molecule has 0 saturated carbocycles. The SMILES string of the molecule is CCCCOC(=O)OCC(=O)Nc1ccccc1. The van der Waals surface area contributed by atoms with E-state index in [1.54, 1.807) is 24.3 Å². The van der Waals surface area contributed by atoms with Gasteiger partial charge in [0, 0.05) is 5.69 Å². The highest BCUT2D eigenvalue weighted by molar-refractivity contribution is 5.92. The fourth-order valence-corrected chi connectivity index (χ4v) is 1.18. The van der Waals surface area contributed by atoms with Crippen LogP contribution in [0.3, 0.4) is 0 Å². The van der Waals surface area contributed by atoms with Crippen LogP contribution in [0.1, 0.15) is 19.8 Å². The van der Waals surface area contributed by atoms with E-state index >= 15 is 0 Å². The second-order valence-corrected chi connectivity index (χ2v) is 3.65. The predicted molar refractivity (Wildman–Crippen MR) is 67.3 cm³/mol. The summed E-state index contributed by atoms with van der Waals surface area (Å²) in [7, 11) is 0. The van der Waals surface area contributed by atoms with Gasteiger partial charge >= 0.3 is 6.16 Å². The summed E-state index contributed by atoms with van der Waals surface area (Å²) in [6.07, 6.45) is 0.902. The molecular formula is C13H17NO4. The molecule has 1 aromatic carbocycles. The summed E-state index contributed by atoms with van der Waals surface area (Å²) < 4.78 is 9.39. The third kappa shape index (κ3) is 5.89. The Morgan fingerprint density at radius 1 is 1.17 bits per heavy atom. The van der Waals surface area contributed by atoms with Gasteiger partial charge in [0.1, 0.15) is 0 Å². The molecule has 1 rings (SSSR count). The van der Waals surface area contributed by atoms with Gasteiger partial charge in [-0.1, -0.05) is 31.5 Å². The number of carbonyl (C=O) groups excluding carboxylic acids is 2. The molecule has 0 atom stereocenters. The Labute approximate surface area is 106 Å². The standard InChI is InChI=1S/C13H17NO4/c1-2-3-9-17-13(16)18-10-12(15)14-11-7-5-4-6-8-11/h4-8H,2-3,9-10H2,1H3,(H,14,15). The van der Waals surface area contributed by atoms with E-state index in [1.165, 1.54) is 0 Å². The minimum absolute atomic E-state index is 0.315. The van der Waals surface area contributed by atoms with Gasteiger partial charge in [0.2, 0.25) is 0 Å². The maximum Gasteiger partial charge on any atom is 0.508 e. The first kappa shape index (κ1) is 14.0. The van der Waals surface area contributed by atoms with Crippen LogP contribution >= 0.6 is 0 Å². The first-order valence-electron chi connectivity index (χ1n) is 5.87. The Bertz CT molecular complexity index is 378. The van der Waals surface area contributed by atoms with Gasteiger partial charge in [-0.15, -0.1) is 0 Å². The lowest BCUT2D eigenvalue weighted by molar-refractivity contribution is -0.119. The molecule has 98 valence electrons. The van der Waals surface area contributed by atoms with Crippen LogP contribution in [-0.2, 0) is 14.3 Å². The largest absolute Gasteiger partial charge is 0.508 e. The summed E-state index contributed by atoms with van der Waals surface area (Å²) in [5, 5.41) is 2.59. The highest BCUT2D eigenvalue weighted by Crippen LogP contribution is 2.04. The molecule has 0 radical (unpaired) electrons. The van der Waals surface area contributed by atoms with Crippen LogP contribution < -0.4 is 5.32 Å². The van der Waals surface area contributed by atoms with Gasteiger partial charge in [-0.2, -0.15) is 0 Å². The van der Waals surface area contributed by atoms with Crippen LogP contribution in [0, 0.1) is 0 Å². The number of rotatable bonds is 6. The molecule has 0 aromatic heterocycles. The monoisotopic (exact) mass is 251 g/mol. The zero-order chi connectivity index (χ0) is 13.2. The Morgan fingerprint density at radius 3 is 2.56 bits per heavy atom. The topological polar surface area (TPSA) is 64.6 Å². The number of nitrogens with one attached hydrogen (secondary N) is 1. The van der Waals surface area contributed by atoms with E-state index in [4.69, 9.17) is 4.74 Å². The number of hydrogen-bond acceptors (Lipinski definition) is 4. The molecular weight excluding hydrogens is 234 g/mol. The second-order valence-electron chi connectivity index (χ2n) is 3.65. The quantitative estimate of drug-likeness (QED) is 0.623. The number of unbranched alkanes of at least 4 members (excludes halogenated alkanes) is 1. The van der Waals surface area contributed by atoms with Crippen molar-refractivity contribution >= 4 is 17.7 Å². The van der Waals surface area contributed by atoms with Crippen molar-refractivity contribution in [1.82, 2.24) is 0 Å². The zero-order valence-corrected chi connectivity index (χ0v) is 10.3. The molecule has 0 fully saturated rings. The van der Waals surface area contributed by atoms with Crippen molar-refractivity contribution in [2.24, 2.45) is 0 Å². The van der Waals surface area contributed by atoms with Gasteiger partial charge in [0.15, 0.2) is 6.61 Å². The highest BCUT2D eigenvalue weighted by atomic mass is 16.7. The van der Waals surface area contributed by atoms with Crippen molar-refractivity contribution in [1.29, 1.82) is 0 Å². The highest BCUT2D eigenvalue weighted by Gasteiger charge is 2.08. The fourth-order valence-electron chi connectivity index (χ4n) is 1.18. The van der Waals surface area contributed by atoms with Crippen molar-refractivity contribution in [3.63, 3.8) is 0 Å². The summed E-state index contributed by atoms with van der Waals surface area (Å²) in [5.41, 5.74) is 0.658. The van der Waals surface area contributed by atoms with Gasteiger partial charge in [0.05, 0.1) is 6.61 Å². The molecule has 0 heterocycles. The summed E-state index contributed by atoms with van der Waals surface area (Å²) in [6.45, 7) is 1.96. The summed E-state index contributed by atoms with van der Waals surface area (Å²) in [6, 6.07) is 8.94. The molecule has 1 N–H and O–H groups in total. The number of benzene rings is 1. The van der Waals surface area contributed by atoms with E-state index in [9.17, 15) is 9.59 Å². The van der Waals surface area contributed by atoms with E-state index in [-0.39, 0.29) is 6.61 Å². The lowest BCUT2D eigenvalue weighted by atomic mass is 10.3. The van der Waals surface area contributed by atoms with Crippen molar-refractivity contribution in [3.8, 4) is 0 Å². The van der Waals surface area contributed by atoms with Crippen LogP contribution in [-0.4, -0.2) is 25.3 Å². The molecule has 0 aliphatic heterocycles. The Morgan fingerprint density at radius 2 is 1.89 bits per heavy atom. The van der Waals surface area contributed by atoms with Gasteiger partial charge in [-0.05, 0) is 18.6 Å². The number of ether oxygens (including phenoxy) is 2. The second kappa shape index (κ2) is 8.11. The van der Waals surface area contributed by atoms with Crippen LogP contribution in [0.25, 0.3) is 0 Å². The lowest BCUT2D eigenvalue weighted by Crippen LogP contribution is -2.21. The van der Waals surface area contributed by atoms with E-state index in [2.05, 4.69) is 10.1 Å². The molecule has 0 aliphatic carbocycles. The van der Waals surface area contributed by atoms with E-state index < -0.39 is 12.1 Å². The third-order valence-corrected chi connectivity index (χ3v) is 2.10. The maximum absolute atomic E-state index is 11.4. The predicted octanol–water partition coefficient (Wildman–Crippen LogP) is 2.58. The van der Waals surface area contributed by atoms with E-state index in [1.807, 2.05) is 13.0 Å². The van der Waals surface area contributed by atoms with Crippen LogP contribution in [0.15, 0.2) is 30.3 Å². The molecule has 0 unspecified atom stereocenters. The van der Waals surface area contributed by atoms with Crippen LogP contribution in [0.5, 0.6) is 0 Å². The van der Waals surface area contributed by atoms with Gasteiger partial charge in [0.25, 0.3) is 5.91 Å². The normalized spacial score (nSPS) is 9.61. The van der Waals surface area contributed by atoms with Crippen LogP contribution in [0.4, 0.5) is 10.5 Å². The first-order valence-corrected chi connectivity index (χ1v) is 5.87. The van der Waals surface area contributed by atoms with Crippen molar-refractivity contribution in [2.75, 3.05) is 18.5 Å². The number of carbonyl (C=O) groups is 2. The van der Waals surface area contributed by atoms with Crippen molar-refractivity contribution in [3.05, 3.63) is 30.3 Å². The number of para-hydroxylation sites is 1. The van der Waals surface area contributed by atoms with Crippen LogP contribution in [0.2, 0.25) is 0 Å². The zero-order valence-electron chi connectivity index (χ0n) is 10.3.